The fourth-order valence-corrected chi connectivity index (χ4v) is 4.41. The number of pyridine rings is 1. The van der Waals surface area contributed by atoms with Crippen molar-refractivity contribution < 1.29 is 13.5 Å². The van der Waals surface area contributed by atoms with Gasteiger partial charge in [0.15, 0.2) is 0 Å². The number of hydrogen-bond donors (Lipinski definition) is 0. The van der Waals surface area contributed by atoms with E-state index >= 15 is 0 Å². The molecule has 0 amide bonds. The smallest absolute Gasteiger partial charge is 0.221 e. The molecule has 0 radical (unpaired) electrons. The first-order valence-electron chi connectivity index (χ1n) is 12.9. The predicted octanol–water partition coefficient (Wildman–Crippen LogP) is 9.12. The standard InChI is InChI=1S/C29H39F2NO/c1-3-5-7-9-10-11-13-22-15-17-26-25-18-16-24(20-27(25)29(31)32-28(26)19-22)33-21-23(30)14-12-8-6-4-2/h15-20,23H,3-14,21H2,1-2H3. The lowest BCUT2D eigenvalue weighted by atomic mass is 10.0. The van der Waals surface area contributed by atoms with Crippen molar-refractivity contribution in [3.05, 3.63) is 47.9 Å². The highest BCUT2D eigenvalue weighted by atomic mass is 19.1. The second-order valence-electron chi connectivity index (χ2n) is 9.24. The molecular weight excluding hydrogens is 416 g/mol. The van der Waals surface area contributed by atoms with Crippen LogP contribution in [0.5, 0.6) is 5.75 Å². The van der Waals surface area contributed by atoms with Crippen LogP contribution >= 0.6 is 0 Å². The molecule has 1 heterocycles. The molecule has 0 aliphatic heterocycles. The number of aromatic nitrogens is 1. The lowest BCUT2D eigenvalue weighted by Crippen LogP contribution is -2.12. The molecule has 0 saturated carbocycles. The van der Waals surface area contributed by atoms with Gasteiger partial charge in [-0.15, -0.1) is 0 Å². The SMILES string of the molecule is CCCCCCCCc1ccc2c(c1)nc(F)c1cc(OCC(F)CCCCCC)ccc12. The van der Waals surface area contributed by atoms with Crippen LogP contribution in [0.3, 0.4) is 0 Å². The van der Waals surface area contributed by atoms with E-state index in [1.165, 1.54) is 37.7 Å². The van der Waals surface area contributed by atoms with Gasteiger partial charge in [0.05, 0.1) is 5.52 Å². The van der Waals surface area contributed by atoms with Gasteiger partial charge in [0.1, 0.15) is 18.5 Å². The van der Waals surface area contributed by atoms with Crippen molar-refractivity contribution in [2.45, 2.75) is 97.1 Å². The van der Waals surface area contributed by atoms with Crippen LogP contribution in [0.2, 0.25) is 0 Å². The van der Waals surface area contributed by atoms with E-state index in [0.29, 0.717) is 23.1 Å². The molecule has 2 nitrogen and oxygen atoms in total. The summed E-state index contributed by atoms with van der Waals surface area (Å²) in [6.07, 6.45) is 12.3. The number of ether oxygens (including phenoxy) is 1. The zero-order valence-electron chi connectivity index (χ0n) is 20.3. The minimum atomic E-state index is -0.998. The number of rotatable bonds is 15. The molecule has 0 saturated heterocycles. The lowest BCUT2D eigenvalue weighted by molar-refractivity contribution is 0.184. The van der Waals surface area contributed by atoms with Gasteiger partial charge in [-0.05, 0) is 54.5 Å². The van der Waals surface area contributed by atoms with E-state index in [2.05, 4.69) is 24.9 Å². The van der Waals surface area contributed by atoms with Gasteiger partial charge in [-0.25, -0.2) is 9.37 Å². The Hall–Kier alpha value is -2.23. The monoisotopic (exact) mass is 455 g/mol. The number of aryl methyl sites for hydroxylation is 1. The lowest BCUT2D eigenvalue weighted by Gasteiger charge is -2.12. The molecule has 3 rings (SSSR count). The van der Waals surface area contributed by atoms with E-state index in [1.807, 2.05) is 18.2 Å². The normalized spacial score (nSPS) is 12.5. The van der Waals surface area contributed by atoms with Crippen LogP contribution in [0.15, 0.2) is 36.4 Å². The van der Waals surface area contributed by atoms with Crippen molar-refractivity contribution in [1.29, 1.82) is 0 Å². The van der Waals surface area contributed by atoms with Crippen molar-refractivity contribution in [3.8, 4) is 5.75 Å². The molecule has 3 aromatic rings. The molecular formula is C29H39F2NO. The van der Waals surface area contributed by atoms with E-state index < -0.39 is 12.1 Å². The number of fused-ring (bicyclic) bond motifs is 3. The Morgan fingerprint density at radius 2 is 1.48 bits per heavy atom. The summed E-state index contributed by atoms with van der Waals surface area (Å²) in [4.78, 5) is 4.23. The third-order valence-electron chi connectivity index (χ3n) is 6.40. The number of halogens is 2. The molecule has 0 bridgehead atoms. The molecule has 1 unspecified atom stereocenters. The van der Waals surface area contributed by atoms with Crippen LogP contribution in [-0.4, -0.2) is 17.8 Å². The first kappa shape index (κ1) is 25.4. The molecule has 0 spiro atoms. The third kappa shape index (κ3) is 7.65. The number of alkyl halides is 1. The van der Waals surface area contributed by atoms with E-state index in [1.54, 1.807) is 12.1 Å². The summed E-state index contributed by atoms with van der Waals surface area (Å²) < 4.78 is 34.6. The molecule has 4 heteroatoms. The summed E-state index contributed by atoms with van der Waals surface area (Å²) in [5.41, 5.74) is 1.89. The molecule has 33 heavy (non-hydrogen) atoms. The fourth-order valence-electron chi connectivity index (χ4n) is 4.41. The zero-order chi connectivity index (χ0) is 23.5. The maximum Gasteiger partial charge on any atom is 0.221 e. The second kappa shape index (κ2) is 13.5. The van der Waals surface area contributed by atoms with Gasteiger partial charge in [0.2, 0.25) is 5.95 Å². The topological polar surface area (TPSA) is 22.1 Å². The Morgan fingerprint density at radius 3 is 2.27 bits per heavy atom. The van der Waals surface area contributed by atoms with Crippen LogP contribution in [0.1, 0.15) is 90.0 Å². The van der Waals surface area contributed by atoms with Gasteiger partial charge < -0.3 is 4.74 Å². The quantitative estimate of drug-likeness (QED) is 0.129. The summed E-state index contributed by atoms with van der Waals surface area (Å²) in [6, 6.07) is 11.5. The van der Waals surface area contributed by atoms with E-state index in [9.17, 15) is 8.78 Å². The van der Waals surface area contributed by atoms with Crippen molar-refractivity contribution in [2.75, 3.05) is 6.61 Å². The highest BCUT2D eigenvalue weighted by molar-refractivity contribution is 6.06. The van der Waals surface area contributed by atoms with Crippen molar-refractivity contribution in [3.63, 3.8) is 0 Å². The number of nitrogens with zero attached hydrogens (tertiary/aromatic N) is 1. The first-order chi connectivity index (χ1) is 16.1. The van der Waals surface area contributed by atoms with Crippen LogP contribution in [0.4, 0.5) is 8.78 Å². The molecule has 0 aliphatic rings. The van der Waals surface area contributed by atoms with Gasteiger partial charge in [0.25, 0.3) is 0 Å². The van der Waals surface area contributed by atoms with Gasteiger partial charge >= 0.3 is 0 Å². The molecule has 0 fully saturated rings. The molecule has 0 aliphatic carbocycles. The molecule has 1 aromatic heterocycles. The Morgan fingerprint density at radius 1 is 0.788 bits per heavy atom. The maximum absolute atomic E-state index is 14.9. The average molecular weight is 456 g/mol. The van der Waals surface area contributed by atoms with Crippen molar-refractivity contribution >= 4 is 21.7 Å². The Kier molecular flexibility index (Phi) is 10.4. The average Bonchev–Trinajstić information content (AvgIpc) is 2.82. The molecule has 180 valence electrons. The van der Waals surface area contributed by atoms with Crippen molar-refractivity contribution in [1.82, 2.24) is 4.98 Å². The minimum Gasteiger partial charge on any atom is -0.491 e. The third-order valence-corrected chi connectivity index (χ3v) is 6.40. The molecule has 0 N–H and O–H groups in total. The van der Waals surface area contributed by atoms with Gasteiger partial charge in [0, 0.05) is 10.8 Å². The summed E-state index contributed by atoms with van der Waals surface area (Å²) in [5, 5.41) is 2.17. The number of benzene rings is 2. The highest BCUT2D eigenvalue weighted by Crippen LogP contribution is 2.30. The Balaban J connectivity index is 1.63. The Bertz CT molecular complexity index is 1000. The van der Waals surface area contributed by atoms with E-state index in [0.717, 1.165) is 49.3 Å². The number of unbranched alkanes of at least 4 members (excludes halogenated alkanes) is 8. The van der Waals surface area contributed by atoms with Crippen LogP contribution in [0.25, 0.3) is 21.7 Å². The van der Waals surface area contributed by atoms with E-state index in [-0.39, 0.29) is 6.61 Å². The zero-order valence-corrected chi connectivity index (χ0v) is 20.3. The van der Waals surface area contributed by atoms with Crippen LogP contribution in [-0.2, 0) is 6.42 Å². The Labute approximate surface area is 197 Å². The summed E-state index contributed by atoms with van der Waals surface area (Å²) >= 11 is 0. The predicted molar refractivity (Wildman–Crippen MR) is 135 cm³/mol. The van der Waals surface area contributed by atoms with E-state index in [4.69, 9.17) is 4.74 Å². The minimum absolute atomic E-state index is 0.00205. The summed E-state index contributed by atoms with van der Waals surface area (Å²) in [6.45, 7) is 4.37. The van der Waals surface area contributed by atoms with Crippen LogP contribution < -0.4 is 4.74 Å². The van der Waals surface area contributed by atoms with Crippen molar-refractivity contribution in [2.24, 2.45) is 0 Å². The summed E-state index contributed by atoms with van der Waals surface area (Å²) in [5.74, 6) is -0.0190. The van der Waals surface area contributed by atoms with Crippen LogP contribution in [0, 0.1) is 5.95 Å². The van der Waals surface area contributed by atoms with Gasteiger partial charge in [-0.1, -0.05) is 83.8 Å². The molecule has 2 aromatic carbocycles. The second-order valence-corrected chi connectivity index (χ2v) is 9.24. The largest absolute Gasteiger partial charge is 0.491 e. The maximum atomic E-state index is 14.9. The summed E-state index contributed by atoms with van der Waals surface area (Å²) in [7, 11) is 0. The molecule has 1 atom stereocenters. The van der Waals surface area contributed by atoms with Gasteiger partial charge in [-0.3, -0.25) is 0 Å². The highest BCUT2D eigenvalue weighted by Gasteiger charge is 2.12. The number of hydrogen-bond acceptors (Lipinski definition) is 2. The van der Waals surface area contributed by atoms with Gasteiger partial charge in [-0.2, -0.15) is 4.39 Å². The fraction of sp³-hybridized carbons (Fsp3) is 0.552. The first-order valence-corrected chi connectivity index (χ1v) is 12.9.